The van der Waals surface area contributed by atoms with E-state index < -0.39 is 6.04 Å². The van der Waals surface area contributed by atoms with Crippen LogP contribution in [-0.2, 0) is 17.8 Å². The minimum absolute atomic E-state index is 0.0885. The van der Waals surface area contributed by atoms with E-state index in [0.717, 1.165) is 35.4 Å². The summed E-state index contributed by atoms with van der Waals surface area (Å²) in [5.74, 6) is 1.05. The van der Waals surface area contributed by atoms with E-state index in [1.54, 1.807) is 23.3 Å². The fraction of sp³-hybridized carbons (Fsp3) is 0.423. The predicted molar refractivity (Wildman–Crippen MR) is 139 cm³/mol. The normalized spacial score (nSPS) is 15.9. The summed E-state index contributed by atoms with van der Waals surface area (Å²) >= 11 is 3.08. The van der Waals surface area contributed by atoms with Crippen LogP contribution in [0.25, 0.3) is 0 Å². The van der Waals surface area contributed by atoms with Crippen LogP contribution in [0, 0.1) is 13.8 Å². The van der Waals surface area contributed by atoms with Crippen molar-refractivity contribution in [3.8, 4) is 11.5 Å². The maximum atomic E-state index is 13.5. The van der Waals surface area contributed by atoms with Crippen LogP contribution in [0.15, 0.2) is 35.8 Å². The molecule has 0 spiro atoms. The Kier molecular flexibility index (Phi) is 8.41. The molecular weight excluding hydrogens is 482 g/mol. The van der Waals surface area contributed by atoms with E-state index in [-0.39, 0.29) is 11.8 Å². The van der Waals surface area contributed by atoms with Gasteiger partial charge in [0.1, 0.15) is 6.04 Å². The van der Waals surface area contributed by atoms with E-state index in [1.807, 2.05) is 49.7 Å². The summed E-state index contributed by atoms with van der Waals surface area (Å²) in [6.07, 6.45) is 3.24. The van der Waals surface area contributed by atoms with Gasteiger partial charge < -0.3 is 19.7 Å². The number of amides is 2. The zero-order valence-corrected chi connectivity index (χ0v) is 22.0. The predicted octanol–water partition coefficient (Wildman–Crippen LogP) is 4.76. The third-order valence-electron chi connectivity index (χ3n) is 6.11. The Morgan fingerprint density at radius 1 is 1.20 bits per heavy atom. The highest BCUT2D eigenvalue weighted by Crippen LogP contribution is 2.30. The van der Waals surface area contributed by atoms with Crippen molar-refractivity contribution in [3.63, 3.8) is 0 Å². The molecule has 35 heavy (non-hydrogen) atoms. The van der Waals surface area contributed by atoms with Crippen LogP contribution in [-0.4, -0.2) is 48.0 Å². The van der Waals surface area contributed by atoms with Crippen LogP contribution in [0.3, 0.4) is 0 Å². The lowest BCUT2D eigenvalue weighted by molar-refractivity contribution is -0.125. The number of aryl methyl sites for hydroxylation is 2. The van der Waals surface area contributed by atoms with Gasteiger partial charge in [-0.05, 0) is 62.9 Å². The van der Waals surface area contributed by atoms with Gasteiger partial charge in [0.25, 0.3) is 5.91 Å². The summed E-state index contributed by atoms with van der Waals surface area (Å²) in [5, 5.41) is 2.96. The van der Waals surface area contributed by atoms with Crippen LogP contribution >= 0.6 is 22.7 Å². The number of hydrogen-bond acceptors (Lipinski definition) is 7. The molecule has 1 atom stereocenters. The van der Waals surface area contributed by atoms with Crippen LogP contribution in [0.1, 0.15) is 49.9 Å². The fourth-order valence-corrected chi connectivity index (χ4v) is 5.77. The van der Waals surface area contributed by atoms with Crippen LogP contribution in [0.2, 0.25) is 0 Å². The number of thiophene rings is 1. The molecule has 1 aromatic carbocycles. The Labute approximate surface area is 214 Å². The largest absolute Gasteiger partial charge is 0.493 e. The lowest BCUT2D eigenvalue weighted by atomic mass is 10.1. The first-order valence-corrected chi connectivity index (χ1v) is 13.5. The van der Waals surface area contributed by atoms with Crippen LogP contribution in [0.5, 0.6) is 11.5 Å². The van der Waals surface area contributed by atoms with Crippen LogP contribution < -0.4 is 14.8 Å². The molecule has 7 nitrogen and oxygen atoms in total. The molecule has 4 rings (SSSR count). The Bertz CT molecular complexity index is 1170. The van der Waals surface area contributed by atoms with Gasteiger partial charge in [0.05, 0.1) is 29.8 Å². The first-order chi connectivity index (χ1) is 17.0. The second-order valence-corrected chi connectivity index (χ2v) is 10.8. The van der Waals surface area contributed by atoms with E-state index >= 15 is 0 Å². The minimum atomic E-state index is -0.503. The number of aromatic nitrogens is 1. The highest BCUT2D eigenvalue weighted by molar-refractivity contribution is 7.13. The van der Waals surface area contributed by atoms with E-state index in [2.05, 4.69) is 10.3 Å². The van der Waals surface area contributed by atoms with Gasteiger partial charge in [-0.15, -0.1) is 22.7 Å². The molecule has 1 aliphatic heterocycles. The Morgan fingerprint density at radius 3 is 2.77 bits per heavy atom. The number of ether oxygens (including phenoxy) is 2. The number of hydrogen-bond donors (Lipinski definition) is 1. The van der Waals surface area contributed by atoms with E-state index in [0.29, 0.717) is 42.5 Å². The number of thiazole rings is 1. The second-order valence-electron chi connectivity index (χ2n) is 8.59. The minimum Gasteiger partial charge on any atom is -0.493 e. The van der Waals surface area contributed by atoms with Crippen molar-refractivity contribution in [3.05, 3.63) is 61.7 Å². The third-order valence-corrected chi connectivity index (χ3v) is 8.09. The van der Waals surface area contributed by atoms with Gasteiger partial charge in [-0.2, -0.15) is 0 Å². The van der Waals surface area contributed by atoms with Gasteiger partial charge >= 0.3 is 0 Å². The van der Waals surface area contributed by atoms with Crippen molar-refractivity contribution in [1.29, 1.82) is 0 Å². The molecule has 0 radical (unpaired) electrons. The van der Waals surface area contributed by atoms with Gasteiger partial charge in [-0.1, -0.05) is 6.07 Å². The smallest absolute Gasteiger partial charge is 0.264 e. The summed E-state index contributed by atoms with van der Waals surface area (Å²) in [6, 6.07) is 8.97. The molecule has 0 bridgehead atoms. The fourth-order valence-electron chi connectivity index (χ4n) is 4.18. The van der Waals surface area contributed by atoms with Gasteiger partial charge in [-0.3, -0.25) is 9.59 Å². The molecule has 1 fully saturated rings. The first kappa shape index (κ1) is 25.2. The summed E-state index contributed by atoms with van der Waals surface area (Å²) in [5.41, 5.74) is 3.76. The molecule has 1 aliphatic rings. The number of nitrogens with one attached hydrogen (secondary N) is 1. The standard InChI is InChI=1S/C26H31N3O4S2/c1-17-7-10-24(35-17)26(31)29(20-6-4-5-12-27-25(20)30)15-19-8-9-21(22(14-19)32-3)33-13-11-23-18(2)28-16-34-23/h7-10,14,16,20H,4-6,11-13,15H2,1-3H3,(H,27,30)/t20-/m0/s1. The van der Waals surface area contributed by atoms with Crippen molar-refractivity contribution in [2.24, 2.45) is 0 Å². The van der Waals surface area contributed by atoms with Crippen LogP contribution in [0.4, 0.5) is 0 Å². The number of nitrogens with zero attached hydrogens (tertiary/aromatic N) is 2. The number of benzene rings is 1. The molecular formula is C26H31N3O4S2. The number of carbonyl (C=O) groups excluding carboxylic acids is 2. The zero-order valence-electron chi connectivity index (χ0n) is 20.3. The third kappa shape index (κ3) is 6.21. The highest BCUT2D eigenvalue weighted by atomic mass is 32.1. The Hall–Kier alpha value is -2.91. The van der Waals surface area contributed by atoms with E-state index in [1.165, 1.54) is 16.2 Å². The average Bonchev–Trinajstić information content (AvgIpc) is 3.41. The van der Waals surface area contributed by atoms with Gasteiger partial charge in [0.2, 0.25) is 5.91 Å². The lowest BCUT2D eigenvalue weighted by Gasteiger charge is -2.30. The molecule has 0 saturated carbocycles. The molecule has 186 valence electrons. The maximum Gasteiger partial charge on any atom is 0.264 e. The Morgan fingerprint density at radius 2 is 2.06 bits per heavy atom. The van der Waals surface area contributed by atoms with Crippen molar-refractivity contribution >= 4 is 34.5 Å². The summed E-state index contributed by atoms with van der Waals surface area (Å²) in [6.45, 7) is 5.45. The number of methoxy groups -OCH3 is 1. The van der Waals surface area contributed by atoms with Crippen molar-refractivity contribution in [2.45, 2.75) is 52.1 Å². The topological polar surface area (TPSA) is 80.8 Å². The number of rotatable bonds is 9. The lowest BCUT2D eigenvalue weighted by Crippen LogP contribution is -2.48. The maximum absolute atomic E-state index is 13.5. The summed E-state index contributed by atoms with van der Waals surface area (Å²) in [4.78, 5) is 35.3. The quantitative estimate of drug-likeness (QED) is 0.446. The molecule has 3 heterocycles. The molecule has 9 heteroatoms. The highest BCUT2D eigenvalue weighted by Gasteiger charge is 2.32. The van der Waals surface area contributed by atoms with Crippen molar-refractivity contribution in [1.82, 2.24) is 15.2 Å². The first-order valence-electron chi connectivity index (χ1n) is 11.8. The Balaban J connectivity index is 1.53. The molecule has 2 aromatic heterocycles. The summed E-state index contributed by atoms with van der Waals surface area (Å²) < 4.78 is 11.6. The van der Waals surface area contributed by atoms with E-state index in [9.17, 15) is 9.59 Å². The van der Waals surface area contributed by atoms with Crippen molar-refractivity contribution < 1.29 is 19.1 Å². The van der Waals surface area contributed by atoms with Gasteiger partial charge in [-0.25, -0.2) is 4.98 Å². The molecule has 0 aliphatic carbocycles. The monoisotopic (exact) mass is 513 g/mol. The molecule has 1 saturated heterocycles. The van der Waals surface area contributed by atoms with E-state index in [4.69, 9.17) is 9.47 Å². The molecule has 3 aromatic rings. The van der Waals surface area contributed by atoms with Gasteiger partial charge in [0, 0.05) is 29.3 Å². The second kappa shape index (κ2) is 11.7. The zero-order chi connectivity index (χ0) is 24.8. The SMILES string of the molecule is COc1cc(CN(C(=O)c2ccc(C)s2)[C@H]2CCCCNC2=O)ccc1OCCc1scnc1C. The van der Waals surface area contributed by atoms with Crippen molar-refractivity contribution in [2.75, 3.05) is 20.3 Å². The molecule has 0 unspecified atom stereocenters. The summed E-state index contributed by atoms with van der Waals surface area (Å²) in [7, 11) is 1.61. The molecule has 1 N–H and O–H groups in total. The average molecular weight is 514 g/mol. The molecule has 2 amide bonds. The van der Waals surface area contributed by atoms with Gasteiger partial charge in [0.15, 0.2) is 11.5 Å². The number of carbonyl (C=O) groups is 2.